The Hall–Kier alpha value is -1.29. The zero-order valence-electron chi connectivity index (χ0n) is 12.5. The highest BCUT2D eigenvalue weighted by Gasteiger charge is 2.35. The van der Waals surface area contributed by atoms with Crippen molar-refractivity contribution in [2.75, 3.05) is 0 Å². The van der Waals surface area contributed by atoms with Crippen molar-refractivity contribution < 1.29 is 0 Å². The Morgan fingerprint density at radius 1 is 1.21 bits per heavy atom. The summed E-state index contributed by atoms with van der Waals surface area (Å²) < 4.78 is 0. The van der Waals surface area contributed by atoms with Crippen LogP contribution in [0.5, 0.6) is 0 Å². The lowest BCUT2D eigenvalue weighted by Gasteiger charge is -2.35. The van der Waals surface area contributed by atoms with Crippen molar-refractivity contribution in [3.05, 3.63) is 34.9 Å². The van der Waals surface area contributed by atoms with E-state index in [0.29, 0.717) is 0 Å². The molecular formula is C18H25N. The highest BCUT2D eigenvalue weighted by atomic mass is 14.4. The summed E-state index contributed by atoms with van der Waals surface area (Å²) in [5.74, 6) is 0.848. The average Bonchev–Trinajstić information content (AvgIpc) is 2.44. The molecule has 19 heavy (non-hydrogen) atoms. The van der Waals surface area contributed by atoms with Gasteiger partial charge in [-0.25, -0.2) is 0 Å². The molecule has 1 aliphatic rings. The minimum absolute atomic E-state index is 0.104. The van der Waals surface area contributed by atoms with E-state index in [0.717, 1.165) is 25.2 Å². The number of benzene rings is 1. The van der Waals surface area contributed by atoms with Crippen LogP contribution >= 0.6 is 0 Å². The van der Waals surface area contributed by atoms with E-state index in [9.17, 15) is 5.26 Å². The number of hydrogen-bond donors (Lipinski definition) is 0. The first kappa shape index (κ1) is 14.1. The van der Waals surface area contributed by atoms with Crippen molar-refractivity contribution in [2.24, 2.45) is 11.3 Å². The normalized spacial score (nSPS) is 26.9. The molecule has 0 N–H and O–H groups in total. The molecule has 0 radical (unpaired) electrons. The number of nitrogens with zero attached hydrogens (tertiary/aromatic N) is 1. The smallest absolute Gasteiger partial charge is 0.0693 e. The Bertz CT molecular complexity index is 473. The molecule has 0 amide bonds. The summed E-state index contributed by atoms with van der Waals surface area (Å²) in [6.45, 7) is 6.57. The maximum atomic E-state index is 9.64. The summed E-state index contributed by atoms with van der Waals surface area (Å²) >= 11 is 0. The highest BCUT2D eigenvalue weighted by Crippen LogP contribution is 2.42. The van der Waals surface area contributed by atoms with Gasteiger partial charge >= 0.3 is 0 Å². The van der Waals surface area contributed by atoms with E-state index in [-0.39, 0.29) is 5.41 Å². The lowest BCUT2D eigenvalue weighted by Crippen LogP contribution is -2.28. The molecule has 1 nitrogen and oxygen atoms in total. The predicted octanol–water partition coefficient (Wildman–Crippen LogP) is 4.96. The van der Waals surface area contributed by atoms with E-state index in [2.05, 4.69) is 45.0 Å². The molecule has 0 atom stereocenters. The fraction of sp³-hybridized carbons (Fsp3) is 0.611. The van der Waals surface area contributed by atoms with Crippen molar-refractivity contribution in [3.63, 3.8) is 0 Å². The second-order valence-corrected chi connectivity index (χ2v) is 6.34. The van der Waals surface area contributed by atoms with Crippen LogP contribution in [0.2, 0.25) is 0 Å². The second kappa shape index (κ2) is 5.78. The van der Waals surface area contributed by atoms with Crippen molar-refractivity contribution >= 4 is 0 Å². The Kier molecular flexibility index (Phi) is 4.30. The molecule has 1 heteroatoms. The molecule has 0 aliphatic heterocycles. The van der Waals surface area contributed by atoms with Gasteiger partial charge < -0.3 is 0 Å². The molecule has 2 rings (SSSR count). The molecule has 1 aromatic carbocycles. The topological polar surface area (TPSA) is 23.8 Å². The molecule has 0 bridgehead atoms. The average molecular weight is 255 g/mol. The van der Waals surface area contributed by atoms with Crippen LogP contribution < -0.4 is 0 Å². The van der Waals surface area contributed by atoms with Crippen LogP contribution in [0.4, 0.5) is 0 Å². The van der Waals surface area contributed by atoms with Crippen LogP contribution in [-0.2, 0) is 6.42 Å². The van der Waals surface area contributed by atoms with Gasteiger partial charge in [0.2, 0.25) is 0 Å². The maximum Gasteiger partial charge on any atom is 0.0693 e. The van der Waals surface area contributed by atoms with Crippen LogP contribution in [0.15, 0.2) is 18.2 Å². The van der Waals surface area contributed by atoms with Gasteiger partial charge in [0, 0.05) is 0 Å². The van der Waals surface area contributed by atoms with Gasteiger partial charge in [0.1, 0.15) is 0 Å². The first-order chi connectivity index (χ1) is 9.08. The van der Waals surface area contributed by atoms with Gasteiger partial charge in [-0.2, -0.15) is 5.26 Å². The van der Waals surface area contributed by atoms with Crippen molar-refractivity contribution in [1.29, 1.82) is 5.26 Å². The highest BCUT2D eigenvalue weighted by molar-refractivity contribution is 5.31. The van der Waals surface area contributed by atoms with Crippen molar-refractivity contribution in [3.8, 4) is 6.07 Å². The van der Waals surface area contributed by atoms with E-state index in [1.54, 1.807) is 0 Å². The first-order valence-electron chi connectivity index (χ1n) is 7.56. The molecule has 1 fully saturated rings. The fourth-order valence-corrected chi connectivity index (χ4v) is 3.27. The molecule has 0 saturated heterocycles. The SMILES string of the molecule is CCC1CCC(C#N)(Cc2ccc(C)c(C)c2)CC1. The van der Waals surface area contributed by atoms with Crippen LogP contribution in [0.25, 0.3) is 0 Å². The van der Waals surface area contributed by atoms with Crippen LogP contribution in [0, 0.1) is 36.5 Å². The summed E-state index contributed by atoms with van der Waals surface area (Å²) in [6.07, 6.45) is 6.82. The first-order valence-corrected chi connectivity index (χ1v) is 7.56. The third-order valence-electron chi connectivity index (χ3n) is 4.99. The molecule has 0 unspecified atom stereocenters. The Morgan fingerprint density at radius 3 is 2.42 bits per heavy atom. The van der Waals surface area contributed by atoms with Crippen LogP contribution in [0.3, 0.4) is 0 Å². The second-order valence-electron chi connectivity index (χ2n) is 6.34. The summed E-state index contributed by atoms with van der Waals surface area (Å²) in [5.41, 5.74) is 3.91. The van der Waals surface area contributed by atoms with Gasteiger partial charge in [0.15, 0.2) is 0 Å². The Morgan fingerprint density at radius 2 is 1.89 bits per heavy atom. The molecule has 0 heterocycles. The van der Waals surface area contributed by atoms with Gasteiger partial charge in [-0.15, -0.1) is 0 Å². The van der Waals surface area contributed by atoms with E-state index in [1.165, 1.54) is 36.0 Å². The van der Waals surface area contributed by atoms with E-state index in [1.807, 2.05) is 0 Å². The van der Waals surface area contributed by atoms with Gasteiger partial charge in [-0.3, -0.25) is 0 Å². The third kappa shape index (κ3) is 3.18. The summed E-state index contributed by atoms with van der Waals surface area (Å²) in [7, 11) is 0. The molecule has 1 aliphatic carbocycles. The fourth-order valence-electron chi connectivity index (χ4n) is 3.27. The minimum atomic E-state index is -0.104. The monoisotopic (exact) mass is 255 g/mol. The summed E-state index contributed by atoms with van der Waals surface area (Å²) in [5, 5.41) is 9.64. The molecule has 0 aromatic heterocycles. The third-order valence-corrected chi connectivity index (χ3v) is 4.99. The van der Waals surface area contributed by atoms with Crippen LogP contribution in [0.1, 0.15) is 55.7 Å². The van der Waals surface area contributed by atoms with Gasteiger partial charge in [-0.1, -0.05) is 31.5 Å². The molecule has 102 valence electrons. The van der Waals surface area contributed by atoms with Gasteiger partial charge in [0.25, 0.3) is 0 Å². The standard InChI is InChI=1S/C18H25N/c1-4-16-7-9-18(13-19,10-8-16)12-17-6-5-14(2)15(3)11-17/h5-6,11,16H,4,7-10,12H2,1-3H3. The number of hydrogen-bond acceptors (Lipinski definition) is 1. The molecule has 1 aromatic rings. The van der Waals surface area contributed by atoms with Crippen LogP contribution in [-0.4, -0.2) is 0 Å². The quantitative estimate of drug-likeness (QED) is 0.749. The Labute approximate surface area is 117 Å². The maximum absolute atomic E-state index is 9.64. The van der Waals surface area contributed by atoms with E-state index in [4.69, 9.17) is 0 Å². The molecule has 1 saturated carbocycles. The largest absolute Gasteiger partial charge is 0.198 e. The minimum Gasteiger partial charge on any atom is -0.198 e. The zero-order chi connectivity index (χ0) is 13.9. The number of nitriles is 1. The lowest BCUT2D eigenvalue weighted by molar-refractivity contribution is 0.205. The lowest BCUT2D eigenvalue weighted by atomic mass is 9.68. The zero-order valence-corrected chi connectivity index (χ0v) is 12.5. The Balaban J connectivity index is 2.11. The van der Waals surface area contributed by atoms with Gasteiger partial charge in [0.05, 0.1) is 11.5 Å². The van der Waals surface area contributed by atoms with Crippen molar-refractivity contribution in [2.45, 2.75) is 59.3 Å². The molecule has 0 spiro atoms. The predicted molar refractivity (Wildman–Crippen MR) is 79.9 cm³/mol. The molecular weight excluding hydrogens is 230 g/mol. The van der Waals surface area contributed by atoms with Gasteiger partial charge in [-0.05, 0) is 68.6 Å². The van der Waals surface area contributed by atoms with E-state index >= 15 is 0 Å². The summed E-state index contributed by atoms with van der Waals surface area (Å²) in [6, 6.07) is 9.30. The van der Waals surface area contributed by atoms with Crippen molar-refractivity contribution in [1.82, 2.24) is 0 Å². The number of rotatable bonds is 3. The van der Waals surface area contributed by atoms with E-state index < -0.39 is 0 Å². The summed E-state index contributed by atoms with van der Waals surface area (Å²) in [4.78, 5) is 0. The number of aryl methyl sites for hydroxylation is 2.